The lowest BCUT2D eigenvalue weighted by Crippen LogP contribution is -2.29. The van der Waals surface area contributed by atoms with E-state index in [1.54, 1.807) is 18.2 Å². The number of benzene rings is 3. The zero-order chi connectivity index (χ0) is 21.8. The summed E-state index contributed by atoms with van der Waals surface area (Å²) in [5.41, 5.74) is 11.2. The lowest BCUT2D eigenvalue weighted by molar-refractivity contribution is 0.100. The van der Waals surface area contributed by atoms with Crippen molar-refractivity contribution in [2.45, 2.75) is 44.2 Å². The zero-order valence-corrected chi connectivity index (χ0v) is 17.4. The molecule has 0 bridgehead atoms. The number of anilines is 1. The first-order valence-corrected chi connectivity index (χ1v) is 10.7. The van der Waals surface area contributed by atoms with Crippen LogP contribution in [0, 0.1) is 0 Å². The molecule has 4 rings (SSSR count). The normalized spacial score (nSPS) is 18.5. The first-order valence-electron chi connectivity index (χ1n) is 10.7. The number of rotatable bonds is 6. The van der Waals surface area contributed by atoms with Gasteiger partial charge in [0.15, 0.2) is 0 Å². The number of carbonyl (C=O) groups is 1. The molecule has 5 N–H and O–H groups in total. The van der Waals surface area contributed by atoms with Crippen molar-refractivity contribution < 1.29 is 15.0 Å². The summed E-state index contributed by atoms with van der Waals surface area (Å²) in [7, 11) is 0. The lowest BCUT2D eigenvalue weighted by atomic mass is 9.91. The fraction of sp³-hybridized carbons (Fsp3) is 0.269. The van der Waals surface area contributed by atoms with Crippen LogP contribution in [0.15, 0.2) is 66.7 Å². The summed E-state index contributed by atoms with van der Waals surface area (Å²) >= 11 is 0. The van der Waals surface area contributed by atoms with Gasteiger partial charge in [-0.25, -0.2) is 0 Å². The molecule has 0 aliphatic heterocycles. The minimum Gasteiger partial charge on any atom is -0.508 e. The summed E-state index contributed by atoms with van der Waals surface area (Å²) in [5.74, 6) is -0.202. The van der Waals surface area contributed by atoms with Gasteiger partial charge < -0.3 is 21.3 Å². The molecule has 5 heteroatoms. The van der Waals surface area contributed by atoms with Crippen LogP contribution in [-0.2, 0) is 6.42 Å². The fourth-order valence-corrected chi connectivity index (χ4v) is 4.28. The second kappa shape index (κ2) is 9.23. The number of hydrogen-bond acceptors (Lipinski definition) is 4. The quantitative estimate of drug-likeness (QED) is 0.477. The van der Waals surface area contributed by atoms with Crippen molar-refractivity contribution in [3.63, 3.8) is 0 Å². The van der Waals surface area contributed by atoms with Gasteiger partial charge in [0.25, 0.3) is 5.91 Å². The first-order chi connectivity index (χ1) is 15.0. The Morgan fingerprint density at radius 2 is 1.68 bits per heavy atom. The Morgan fingerprint density at radius 1 is 0.968 bits per heavy atom. The summed E-state index contributed by atoms with van der Waals surface area (Å²) in [5, 5.41) is 22.8. The second-order valence-corrected chi connectivity index (χ2v) is 8.27. The molecule has 31 heavy (non-hydrogen) atoms. The Kier molecular flexibility index (Phi) is 6.23. The average molecular weight is 417 g/mol. The molecule has 1 amide bonds. The van der Waals surface area contributed by atoms with Crippen molar-refractivity contribution in [3.8, 4) is 16.9 Å². The molecule has 3 aromatic rings. The third kappa shape index (κ3) is 5.06. The SMILES string of the molecule is NC(=O)c1ccc(-c2ccccc2Cc2ccc(O)cc2)cc1NC1CCC(O)CC1. The van der Waals surface area contributed by atoms with Gasteiger partial charge >= 0.3 is 0 Å². The van der Waals surface area contributed by atoms with Gasteiger partial charge in [0.05, 0.1) is 11.7 Å². The number of aliphatic hydroxyl groups excluding tert-OH is 1. The smallest absolute Gasteiger partial charge is 0.250 e. The van der Waals surface area contributed by atoms with Crippen molar-refractivity contribution >= 4 is 11.6 Å². The predicted octanol–water partition coefficient (Wildman–Crippen LogP) is 4.46. The van der Waals surface area contributed by atoms with E-state index in [-0.39, 0.29) is 17.9 Å². The summed E-state index contributed by atoms with van der Waals surface area (Å²) in [6, 6.07) is 21.4. The minimum atomic E-state index is -0.456. The van der Waals surface area contributed by atoms with E-state index < -0.39 is 5.91 Å². The van der Waals surface area contributed by atoms with Gasteiger partial charge in [-0.05, 0) is 78.6 Å². The number of amides is 1. The Morgan fingerprint density at radius 3 is 2.39 bits per heavy atom. The van der Waals surface area contributed by atoms with Gasteiger partial charge in [-0.15, -0.1) is 0 Å². The van der Waals surface area contributed by atoms with Crippen molar-refractivity contribution in [2.75, 3.05) is 5.32 Å². The van der Waals surface area contributed by atoms with Crippen LogP contribution in [0.3, 0.4) is 0 Å². The molecule has 0 spiro atoms. The molecule has 160 valence electrons. The van der Waals surface area contributed by atoms with Gasteiger partial charge in [-0.2, -0.15) is 0 Å². The van der Waals surface area contributed by atoms with Crippen molar-refractivity contribution in [1.82, 2.24) is 0 Å². The second-order valence-electron chi connectivity index (χ2n) is 8.27. The van der Waals surface area contributed by atoms with Crippen LogP contribution in [0.25, 0.3) is 11.1 Å². The molecule has 0 saturated heterocycles. The fourth-order valence-electron chi connectivity index (χ4n) is 4.28. The highest BCUT2D eigenvalue weighted by Crippen LogP contribution is 2.31. The van der Waals surface area contributed by atoms with Crippen molar-refractivity contribution in [1.29, 1.82) is 0 Å². The highest BCUT2D eigenvalue weighted by atomic mass is 16.3. The van der Waals surface area contributed by atoms with Gasteiger partial charge in [0.1, 0.15) is 5.75 Å². The zero-order valence-electron chi connectivity index (χ0n) is 17.4. The molecule has 1 fully saturated rings. The summed E-state index contributed by atoms with van der Waals surface area (Å²) in [4.78, 5) is 12.0. The first kappa shape index (κ1) is 20.9. The monoisotopic (exact) mass is 416 g/mol. The van der Waals surface area contributed by atoms with E-state index in [1.165, 1.54) is 0 Å². The third-order valence-electron chi connectivity index (χ3n) is 6.00. The number of carbonyl (C=O) groups excluding carboxylic acids is 1. The van der Waals surface area contributed by atoms with E-state index in [9.17, 15) is 15.0 Å². The number of nitrogens with one attached hydrogen (secondary N) is 1. The van der Waals surface area contributed by atoms with Crippen LogP contribution in [0.5, 0.6) is 5.75 Å². The Hall–Kier alpha value is -3.31. The van der Waals surface area contributed by atoms with Crippen LogP contribution < -0.4 is 11.1 Å². The number of aromatic hydroxyl groups is 1. The number of aliphatic hydroxyl groups is 1. The minimum absolute atomic E-state index is 0.212. The average Bonchev–Trinajstić information content (AvgIpc) is 2.77. The van der Waals surface area contributed by atoms with Crippen molar-refractivity contribution in [3.05, 3.63) is 83.4 Å². The predicted molar refractivity (Wildman–Crippen MR) is 123 cm³/mol. The van der Waals surface area contributed by atoms with E-state index in [2.05, 4.69) is 17.4 Å². The van der Waals surface area contributed by atoms with Crippen LogP contribution in [0.2, 0.25) is 0 Å². The number of phenolic OH excluding ortho intramolecular Hbond substituents is 1. The molecule has 1 saturated carbocycles. The third-order valence-corrected chi connectivity index (χ3v) is 6.00. The number of hydrogen-bond donors (Lipinski definition) is 4. The molecule has 1 aliphatic rings. The summed E-state index contributed by atoms with van der Waals surface area (Å²) < 4.78 is 0. The largest absolute Gasteiger partial charge is 0.508 e. The molecule has 0 atom stereocenters. The highest BCUT2D eigenvalue weighted by molar-refractivity contribution is 5.99. The molecular weight excluding hydrogens is 388 g/mol. The van der Waals surface area contributed by atoms with E-state index in [0.717, 1.165) is 60.0 Å². The molecule has 1 aliphatic carbocycles. The van der Waals surface area contributed by atoms with E-state index in [0.29, 0.717) is 5.56 Å². The number of primary amides is 1. The molecule has 0 radical (unpaired) electrons. The summed E-state index contributed by atoms with van der Waals surface area (Å²) in [6.07, 6.45) is 3.75. The number of nitrogens with two attached hydrogens (primary N) is 1. The standard InChI is InChI=1S/C26H28N2O3/c27-26(31)24-14-7-19(16-25(24)28-20-8-12-22(30)13-9-20)23-4-2-1-3-18(23)15-17-5-10-21(29)11-6-17/h1-7,10-11,14,16,20,22,28-30H,8-9,12-13,15H2,(H2,27,31). The van der Waals surface area contributed by atoms with Gasteiger partial charge in [-0.3, -0.25) is 4.79 Å². The van der Waals surface area contributed by atoms with E-state index >= 15 is 0 Å². The van der Waals surface area contributed by atoms with Crippen LogP contribution in [0.1, 0.15) is 47.2 Å². The van der Waals surface area contributed by atoms with Crippen LogP contribution in [0.4, 0.5) is 5.69 Å². The molecule has 5 nitrogen and oxygen atoms in total. The van der Waals surface area contributed by atoms with Gasteiger partial charge in [-0.1, -0.05) is 42.5 Å². The Balaban J connectivity index is 1.65. The van der Waals surface area contributed by atoms with Crippen LogP contribution in [-0.4, -0.2) is 28.3 Å². The summed E-state index contributed by atoms with van der Waals surface area (Å²) in [6.45, 7) is 0. The lowest BCUT2D eigenvalue weighted by Gasteiger charge is -2.28. The molecular formula is C26H28N2O3. The Bertz CT molecular complexity index is 1050. The topological polar surface area (TPSA) is 95.6 Å². The molecule has 0 unspecified atom stereocenters. The maximum absolute atomic E-state index is 12.0. The highest BCUT2D eigenvalue weighted by Gasteiger charge is 2.21. The molecule has 0 aromatic heterocycles. The van der Waals surface area contributed by atoms with Crippen molar-refractivity contribution in [2.24, 2.45) is 5.73 Å². The molecule has 3 aromatic carbocycles. The maximum Gasteiger partial charge on any atom is 0.250 e. The van der Waals surface area contributed by atoms with E-state index in [4.69, 9.17) is 5.73 Å². The maximum atomic E-state index is 12.0. The Labute approximate surface area is 182 Å². The van der Waals surface area contributed by atoms with Gasteiger partial charge in [0.2, 0.25) is 0 Å². The van der Waals surface area contributed by atoms with E-state index in [1.807, 2.05) is 36.4 Å². The number of phenols is 1. The van der Waals surface area contributed by atoms with Gasteiger partial charge in [0, 0.05) is 11.7 Å². The van der Waals surface area contributed by atoms with Crippen LogP contribution >= 0.6 is 0 Å². The molecule has 0 heterocycles.